The van der Waals surface area contributed by atoms with Crippen molar-refractivity contribution in [2.24, 2.45) is 5.73 Å². The summed E-state index contributed by atoms with van der Waals surface area (Å²) in [6, 6.07) is 0. The van der Waals surface area contributed by atoms with Crippen LogP contribution in [0.3, 0.4) is 0 Å². The summed E-state index contributed by atoms with van der Waals surface area (Å²) in [6.07, 6.45) is 1.77. The zero-order valence-corrected chi connectivity index (χ0v) is 6.60. The van der Waals surface area contributed by atoms with Gasteiger partial charge in [-0.2, -0.15) is 4.37 Å². The Morgan fingerprint density at radius 2 is 2.64 bits per heavy atom. The monoisotopic (exact) mass is 172 g/mol. The van der Waals surface area contributed by atoms with E-state index >= 15 is 0 Å². The van der Waals surface area contributed by atoms with E-state index in [9.17, 15) is 4.79 Å². The van der Waals surface area contributed by atoms with Gasteiger partial charge >= 0.3 is 0 Å². The minimum Gasteiger partial charge on any atom is -0.370 e. The Labute approximate surface area is 67.8 Å². The predicted molar refractivity (Wildman–Crippen MR) is 42.2 cm³/mol. The maximum Gasteiger partial charge on any atom is 0.219 e. The number of aromatic nitrogens is 2. The molecule has 0 fully saturated rings. The zero-order valence-electron chi connectivity index (χ0n) is 5.78. The zero-order chi connectivity index (χ0) is 8.10. The molecular formula is C5H8N4OS. The Bertz CT molecular complexity index is 222. The Hall–Kier alpha value is -1.17. The van der Waals surface area contributed by atoms with Gasteiger partial charge in [0, 0.05) is 24.5 Å². The van der Waals surface area contributed by atoms with Crippen molar-refractivity contribution in [1.29, 1.82) is 0 Å². The largest absolute Gasteiger partial charge is 0.370 e. The van der Waals surface area contributed by atoms with Gasteiger partial charge in [-0.25, -0.2) is 4.98 Å². The lowest BCUT2D eigenvalue weighted by Gasteiger charge is -1.96. The summed E-state index contributed by atoms with van der Waals surface area (Å²) in [5.74, 6) is -0.318. The second-order valence-corrected chi connectivity index (χ2v) is 2.67. The standard InChI is InChI=1S/C5H8N4OS/c6-4(10)1-2-7-5-8-3-9-11-5/h3H,1-2H2,(H2,6,10)(H,7,8,9). The molecule has 0 aromatic carbocycles. The Balaban J connectivity index is 2.19. The van der Waals surface area contributed by atoms with Crippen molar-refractivity contribution < 1.29 is 4.79 Å². The van der Waals surface area contributed by atoms with E-state index in [1.54, 1.807) is 0 Å². The number of anilines is 1. The predicted octanol–water partition coefficient (Wildman–Crippen LogP) is -0.175. The average Bonchev–Trinajstić information content (AvgIpc) is 2.39. The summed E-state index contributed by atoms with van der Waals surface area (Å²) in [5.41, 5.74) is 4.92. The number of nitrogens with one attached hydrogen (secondary N) is 1. The SMILES string of the molecule is NC(=O)CCNc1ncns1. The van der Waals surface area contributed by atoms with Gasteiger partial charge in [0.15, 0.2) is 0 Å². The lowest BCUT2D eigenvalue weighted by Crippen LogP contribution is -2.15. The maximum absolute atomic E-state index is 10.3. The molecule has 0 aliphatic carbocycles. The molecule has 0 atom stereocenters. The van der Waals surface area contributed by atoms with E-state index in [0.29, 0.717) is 18.1 Å². The van der Waals surface area contributed by atoms with Gasteiger partial charge in [0.05, 0.1) is 0 Å². The number of rotatable bonds is 4. The van der Waals surface area contributed by atoms with Gasteiger partial charge in [0.2, 0.25) is 11.0 Å². The van der Waals surface area contributed by atoms with Crippen molar-refractivity contribution in [2.75, 3.05) is 11.9 Å². The number of carbonyl (C=O) groups excluding carboxylic acids is 1. The molecule has 1 aromatic rings. The lowest BCUT2D eigenvalue weighted by molar-refractivity contribution is -0.117. The van der Waals surface area contributed by atoms with Crippen LogP contribution in [0.1, 0.15) is 6.42 Å². The minimum atomic E-state index is -0.318. The average molecular weight is 172 g/mol. The van der Waals surface area contributed by atoms with Crippen molar-refractivity contribution in [1.82, 2.24) is 9.36 Å². The molecule has 1 aromatic heterocycles. The fourth-order valence-electron chi connectivity index (χ4n) is 0.544. The van der Waals surface area contributed by atoms with Crippen molar-refractivity contribution in [2.45, 2.75) is 6.42 Å². The number of hydrogen-bond donors (Lipinski definition) is 2. The van der Waals surface area contributed by atoms with Gasteiger partial charge in [-0.3, -0.25) is 4.79 Å². The van der Waals surface area contributed by atoms with Crippen LogP contribution in [0.25, 0.3) is 0 Å². The molecule has 1 amide bonds. The van der Waals surface area contributed by atoms with Crippen LogP contribution in [0.2, 0.25) is 0 Å². The molecule has 6 heteroatoms. The first-order chi connectivity index (χ1) is 5.29. The number of carbonyl (C=O) groups is 1. The smallest absolute Gasteiger partial charge is 0.219 e. The Morgan fingerprint density at radius 3 is 3.18 bits per heavy atom. The number of nitrogens with zero attached hydrogens (tertiary/aromatic N) is 2. The highest BCUT2D eigenvalue weighted by Crippen LogP contribution is 2.05. The molecule has 0 bridgehead atoms. The second kappa shape index (κ2) is 3.87. The molecule has 3 N–H and O–H groups in total. The third-order valence-electron chi connectivity index (χ3n) is 1.01. The van der Waals surface area contributed by atoms with E-state index in [-0.39, 0.29) is 5.91 Å². The first kappa shape index (κ1) is 7.93. The highest BCUT2D eigenvalue weighted by molar-refractivity contribution is 7.09. The summed E-state index contributed by atoms with van der Waals surface area (Å²) in [7, 11) is 0. The van der Waals surface area contributed by atoms with Gasteiger partial charge in [-0.15, -0.1) is 0 Å². The van der Waals surface area contributed by atoms with E-state index in [4.69, 9.17) is 5.73 Å². The van der Waals surface area contributed by atoms with Crippen molar-refractivity contribution in [3.8, 4) is 0 Å². The molecule has 0 aliphatic rings. The molecule has 0 aliphatic heterocycles. The molecule has 1 heterocycles. The van der Waals surface area contributed by atoms with E-state index in [0.717, 1.165) is 0 Å². The molecule has 0 saturated heterocycles. The molecule has 11 heavy (non-hydrogen) atoms. The Kier molecular flexibility index (Phi) is 2.79. The number of primary amides is 1. The molecule has 5 nitrogen and oxygen atoms in total. The maximum atomic E-state index is 10.3. The van der Waals surface area contributed by atoms with Crippen LogP contribution in [0.4, 0.5) is 5.13 Å². The molecule has 60 valence electrons. The summed E-state index contributed by atoms with van der Waals surface area (Å²) in [5, 5.41) is 3.61. The van der Waals surface area contributed by atoms with Crippen molar-refractivity contribution in [3.63, 3.8) is 0 Å². The third-order valence-corrected chi connectivity index (χ3v) is 1.63. The van der Waals surface area contributed by atoms with Gasteiger partial charge in [-0.1, -0.05) is 0 Å². The van der Waals surface area contributed by atoms with Crippen molar-refractivity contribution >= 4 is 22.6 Å². The van der Waals surface area contributed by atoms with Crippen LogP contribution >= 0.6 is 11.5 Å². The fraction of sp³-hybridized carbons (Fsp3) is 0.400. The van der Waals surface area contributed by atoms with Crippen LogP contribution < -0.4 is 11.1 Å². The molecule has 0 saturated carbocycles. The summed E-state index contributed by atoms with van der Waals surface area (Å²) < 4.78 is 3.77. The third kappa shape index (κ3) is 2.94. The summed E-state index contributed by atoms with van der Waals surface area (Å²) >= 11 is 1.25. The number of nitrogens with two attached hydrogens (primary N) is 1. The molecular weight excluding hydrogens is 164 g/mol. The van der Waals surface area contributed by atoms with Crippen molar-refractivity contribution in [3.05, 3.63) is 6.33 Å². The summed E-state index contributed by atoms with van der Waals surface area (Å²) in [6.45, 7) is 0.518. The first-order valence-corrected chi connectivity index (χ1v) is 3.85. The van der Waals surface area contributed by atoms with Crippen LogP contribution in [0, 0.1) is 0 Å². The van der Waals surface area contributed by atoms with E-state index in [2.05, 4.69) is 14.7 Å². The van der Waals surface area contributed by atoms with Crippen LogP contribution in [0.15, 0.2) is 6.33 Å². The quantitative estimate of drug-likeness (QED) is 0.660. The van der Waals surface area contributed by atoms with Crippen LogP contribution in [-0.2, 0) is 4.79 Å². The topological polar surface area (TPSA) is 80.9 Å². The molecule has 0 unspecified atom stereocenters. The fourth-order valence-corrected chi connectivity index (χ4v) is 0.999. The summed E-state index contributed by atoms with van der Waals surface area (Å²) in [4.78, 5) is 14.1. The van der Waals surface area contributed by atoms with Gasteiger partial charge < -0.3 is 11.1 Å². The number of hydrogen-bond acceptors (Lipinski definition) is 5. The van der Waals surface area contributed by atoms with E-state index in [1.807, 2.05) is 0 Å². The minimum absolute atomic E-state index is 0.318. The normalized spacial score (nSPS) is 9.45. The van der Waals surface area contributed by atoms with Gasteiger partial charge in [-0.05, 0) is 0 Å². The molecule has 0 radical (unpaired) electrons. The van der Waals surface area contributed by atoms with Crippen LogP contribution in [0.5, 0.6) is 0 Å². The first-order valence-electron chi connectivity index (χ1n) is 3.08. The highest BCUT2D eigenvalue weighted by Gasteiger charge is 1.96. The Morgan fingerprint density at radius 1 is 1.82 bits per heavy atom. The van der Waals surface area contributed by atoms with E-state index < -0.39 is 0 Å². The molecule has 1 rings (SSSR count). The van der Waals surface area contributed by atoms with E-state index in [1.165, 1.54) is 17.9 Å². The van der Waals surface area contributed by atoms with Gasteiger partial charge in [0.1, 0.15) is 6.33 Å². The lowest BCUT2D eigenvalue weighted by atomic mass is 10.4. The highest BCUT2D eigenvalue weighted by atomic mass is 32.1. The number of amides is 1. The van der Waals surface area contributed by atoms with Gasteiger partial charge in [0.25, 0.3) is 0 Å². The second-order valence-electron chi connectivity index (χ2n) is 1.89. The molecule has 0 spiro atoms. The van der Waals surface area contributed by atoms with Crippen LogP contribution in [-0.4, -0.2) is 21.8 Å².